The van der Waals surface area contributed by atoms with Crippen LogP contribution in [0.3, 0.4) is 0 Å². The van der Waals surface area contributed by atoms with Gasteiger partial charge < -0.3 is 0 Å². The van der Waals surface area contributed by atoms with Gasteiger partial charge in [-0.05, 0) is 55.7 Å². The molecule has 0 atom stereocenters. The molecule has 0 saturated heterocycles. The topological polar surface area (TPSA) is 56.3 Å². The molecule has 79 heavy (non-hydrogen) atoms. The van der Waals surface area contributed by atoms with Crippen molar-refractivity contribution in [2.24, 2.45) is 0 Å². The Bertz CT molecular complexity index is 2660. The van der Waals surface area contributed by atoms with Gasteiger partial charge >= 0.3 is 49.4 Å². The standard InChI is InChI=1S/C32H12BF24.C17H23N2O3/c34-25(35,36)13-1-14(26(37,38)39)6-21(5-13)33(22-7-15(27(40,41)42)2-16(8-22)28(43,44)45,23-9-17(29(46,47)48)3-18(10-23)30(49,50)51)24-11-19(31(52,53)54)4-20(12-24)32(55,56)57;20-19(21)14-7-3-1-2-4-8-15-22-18-13-9-11-16-10-5-6-12-17(16)18/h1-12H;5-6,9-13H,1-4,7-8,14-15H2/q-1;+1. The van der Waals surface area contributed by atoms with Crippen LogP contribution < -0.4 is 31.4 Å². The van der Waals surface area contributed by atoms with E-state index >= 15 is 0 Å². The number of benzene rings is 5. The molecule has 5 aromatic carbocycles. The molecule has 0 unspecified atom stereocenters. The van der Waals surface area contributed by atoms with E-state index in [1.807, 2.05) is 35.2 Å². The molecule has 0 aliphatic carbocycles. The van der Waals surface area contributed by atoms with E-state index < -0.39 is 195 Å². The zero-order valence-electron chi connectivity index (χ0n) is 39.4. The molecule has 0 spiro atoms. The SMILES string of the molecule is FC(F)(F)c1cc([B-](c2cc(C(F)(F)F)cc(C(F)(F)F)c2)(c2cc(C(F)(F)F)cc(C(F)(F)F)c2)c2cc(C(F)(F)F)cc(C(F)(F)F)c2)cc(C(F)(F)F)c1.O=[N+]([O-])CCCCCCCCO[n+]1cccc2ccccc21. The molecule has 0 radical (unpaired) electrons. The summed E-state index contributed by atoms with van der Waals surface area (Å²) in [6, 6.07) is 3.39. The number of nitro groups is 1. The first-order valence-electron chi connectivity index (χ1n) is 22.5. The van der Waals surface area contributed by atoms with E-state index in [-0.39, 0.29) is 11.5 Å². The molecule has 0 bridgehead atoms. The molecule has 1 aromatic heterocycles. The lowest BCUT2D eigenvalue weighted by molar-refractivity contribution is -0.871. The molecule has 30 heteroatoms. The number of para-hydroxylation sites is 1. The fourth-order valence-electron chi connectivity index (χ4n) is 8.53. The summed E-state index contributed by atoms with van der Waals surface area (Å²) < 4.78 is 343. The minimum Gasteiger partial charge on any atom is -0.271 e. The summed E-state index contributed by atoms with van der Waals surface area (Å²) in [4.78, 5) is 15.8. The van der Waals surface area contributed by atoms with Gasteiger partial charge in [0.25, 0.3) is 5.52 Å². The fourth-order valence-corrected chi connectivity index (χ4v) is 8.53. The van der Waals surface area contributed by atoms with Crippen LogP contribution in [-0.4, -0.2) is 24.2 Å². The van der Waals surface area contributed by atoms with E-state index in [1.54, 1.807) is 0 Å². The van der Waals surface area contributed by atoms with Gasteiger partial charge in [-0.15, -0.1) is 0 Å². The van der Waals surface area contributed by atoms with Crippen LogP contribution in [0.15, 0.2) is 115 Å². The molecule has 6 aromatic rings. The highest BCUT2D eigenvalue weighted by Gasteiger charge is 2.47. The minimum absolute atomic E-state index is 0.0980. The van der Waals surface area contributed by atoms with Gasteiger partial charge in [0.1, 0.15) is 6.15 Å². The average molecular weight is 1170 g/mol. The summed E-state index contributed by atoms with van der Waals surface area (Å²) in [5.41, 5.74) is -29.1. The number of fused-ring (bicyclic) bond motifs is 1. The number of hydrogen-bond donors (Lipinski definition) is 0. The quantitative estimate of drug-likeness (QED) is 0.0273. The molecule has 0 saturated carbocycles. The van der Waals surface area contributed by atoms with Crippen LogP contribution in [0, 0.1) is 10.1 Å². The number of unbranched alkanes of at least 4 members (excludes halogenated alkanes) is 5. The zero-order chi connectivity index (χ0) is 59.5. The number of nitrogens with zero attached hydrogens (tertiary/aromatic N) is 2. The van der Waals surface area contributed by atoms with Gasteiger partial charge in [-0.2, -0.15) is 127 Å². The van der Waals surface area contributed by atoms with Crippen LogP contribution in [0.2, 0.25) is 0 Å². The molecular weight excluding hydrogens is 1130 g/mol. The first-order chi connectivity index (χ1) is 36.0. The Kier molecular flexibility index (Phi) is 18.4. The Labute approximate surface area is 429 Å². The highest BCUT2D eigenvalue weighted by molar-refractivity contribution is 7.20. The van der Waals surface area contributed by atoms with Crippen molar-refractivity contribution in [1.29, 1.82) is 0 Å². The second-order valence-corrected chi connectivity index (χ2v) is 17.6. The van der Waals surface area contributed by atoms with Gasteiger partial charge in [0.15, 0.2) is 6.61 Å². The van der Waals surface area contributed by atoms with Crippen molar-refractivity contribution in [2.45, 2.75) is 87.9 Å². The maximum atomic E-state index is 14.2. The molecule has 0 aliphatic rings. The van der Waals surface area contributed by atoms with E-state index in [2.05, 4.69) is 12.1 Å². The van der Waals surface area contributed by atoms with E-state index in [0.717, 1.165) is 43.0 Å². The average Bonchev–Trinajstić information content (AvgIpc) is 3.31. The third-order valence-electron chi connectivity index (χ3n) is 12.1. The molecule has 1 heterocycles. The molecule has 0 amide bonds. The predicted octanol–water partition coefficient (Wildman–Crippen LogP) is 14.4. The highest BCUT2D eigenvalue weighted by Crippen LogP contribution is 2.41. The third-order valence-corrected chi connectivity index (χ3v) is 12.1. The lowest BCUT2D eigenvalue weighted by Crippen LogP contribution is -2.75. The normalized spacial score (nSPS) is 13.3. The Morgan fingerprint density at radius 1 is 0.380 bits per heavy atom. The summed E-state index contributed by atoms with van der Waals surface area (Å²) >= 11 is 0. The zero-order valence-corrected chi connectivity index (χ0v) is 39.4. The number of alkyl halides is 24. The largest absolute Gasteiger partial charge is 0.416 e. The van der Waals surface area contributed by atoms with Gasteiger partial charge in [0, 0.05) is 28.2 Å². The van der Waals surface area contributed by atoms with Crippen molar-refractivity contribution in [2.75, 3.05) is 13.2 Å². The number of rotatable bonds is 14. The lowest BCUT2D eigenvalue weighted by atomic mass is 9.12. The van der Waals surface area contributed by atoms with Crippen LogP contribution in [0.1, 0.15) is 83.0 Å². The van der Waals surface area contributed by atoms with Crippen molar-refractivity contribution in [3.05, 3.63) is 170 Å². The number of pyridine rings is 1. The first kappa shape index (κ1) is 62.9. The van der Waals surface area contributed by atoms with Crippen LogP contribution in [0.4, 0.5) is 105 Å². The second kappa shape index (κ2) is 23.1. The minimum atomic E-state index is -6.13. The van der Waals surface area contributed by atoms with Crippen molar-refractivity contribution >= 4 is 38.9 Å². The number of aromatic nitrogens is 1. The Balaban J connectivity index is 0.000000433. The molecule has 0 N–H and O–H groups in total. The predicted molar refractivity (Wildman–Crippen MR) is 235 cm³/mol. The molecular formula is C49H35BF24N2O3. The maximum absolute atomic E-state index is 14.2. The molecule has 430 valence electrons. The highest BCUT2D eigenvalue weighted by atomic mass is 19.4. The van der Waals surface area contributed by atoms with Gasteiger partial charge in [0.05, 0.1) is 49.9 Å². The fraction of sp³-hybridized carbons (Fsp3) is 0.327. The van der Waals surface area contributed by atoms with Gasteiger partial charge in [-0.3, -0.25) is 15.0 Å². The third kappa shape index (κ3) is 15.9. The molecule has 6 rings (SSSR count). The summed E-state index contributed by atoms with van der Waals surface area (Å²) in [5, 5.41) is 11.4. The van der Waals surface area contributed by atoms with Crippen LogP contribution in [-0.2, 0) is 49.4 Å². The van der Waals surface area contributed by atoms with Gasteiger partial charge in [-0.1, -0.05) is 73.5 Å². The van der Waals surface area contributed by atoms with Crippen LogP contribution >= 0.6 is 0 Å². The summed E-state index contributed by atoms with van der Waals surface area (Å²) in [5.74, 6) is 0. The van der Waals surface area contributed by atoms with E-state index in [9.17, 15) is 115 Å². The maximum Gasteiger partial charge on any atom is 0.416 e. The smallest absolute Gasteiger partial charge is 0.271 e. The van der Waals surface area contributed by atoms with E-state index in [1.165, 1.54) is 0 Å². The van der Waals surface area contributed by atoms with Crippen molar-refractivity contribution in [3.63, 3.8) is 0 Å². The summed E-state index contributed by atoms with van der Waals surface area (Å²) in [7, 11) is 0. The Morgan fingerprint density at radius 2 is 0.646 bits per heavy atom. The summed E-state index contributed by atoms with van der Waals surface area (Å²) in [6.45, 7) is 0.786. The van der Waals surface area contributed by atoms with Crippen molar-refractivity contribution in [1.82, 2.24) is 0 Å². The van der Waals surface area contributed by atoms with Gasteiger partial charge in [-0.25, -0.2) is 0 Å². The second-order valence-electron chi connectivity index (χ2n) is 17.6. The first-order valence-corrected chi connectivity index (χ1v) is 22.5. The Hall–Kier alpha value is -6.91. The van der Waals surface area contributed by atoms with E-state index in [0.29, 0.717) is 13.0 Å². The molecule has 5 nitrogen and oxygen atoms in total. The van der Waals surface area contributed by atoms with Crippen molar-refractivity contribution in [3.8, 4) is 0 Å². The molecule has 0 aliphatic heterocycles. The van der Waals surface area contributed by atoms with Crippen LogP contribution in [0.25, 0.3) is 10.9 Å². The number of hydrogen-bond acceptors (Lipinski definition) is 3. The monoisotopic (exact) mass is 1170 g/mol. The van der Waals surface area contributed by atoms with Crippen molar-refractivity contribution < 1.29 is 120 Å². The van der Waals surface area contributed by atoms with Crippen LogP contribution in [0.5, 0.6) is 0 Å². The van der Waals surface area contributed by atoms with Gasteiger partial charge in [0.2, 0.25) is 12.7 Å². The Morgan fingerprint density at radius 3 is 0.937 bits per heavy atom. The lowest BCUT2D eigenvalue weighted by Gasteiger charge is -2.46. The number of halogens is 24. The summed E-state index contributed by atoms with van der Waals surface area (Å²) in [6.07, 6.45) is -47.0. The van der Waals surface area contributed by atoms with E-state index in [4.69, 9.17) is 4.84 Å². The molecule has 0 fully saturated rings.